The van der Waals surface area contributed by atoms with Gasteiger partial charge in [-0.15, -0.1) is 0 Å². The topological polar surface area (TPSA) is 86.7 Å². The summed E-state index contributed by atoms with van der Waals surface area (Å²) in [5, 5.41) is 20.6. The van der Waals surface area contributed by atoms with Crippen LogP contribution in [0.5, 0.6) is 0 Å². The van der Waals surface area contributed by atoms with Crippen molar-refractivity contribution in [3.63, 3.8) is 0 Å². The Morgan fingerprint density at radius 1 is 1.08 bits per heavy atom. The van der Waals surface area contributed by atoms with Gasteiger partial charge in [0.25, 0.3) is 0 Å². The molecule has 0 aromatic heterocycles. The predicted molar refractivity (Wildman–Crippen MR) is 91.0 cm³/mol. The number of likely N-dealkylation sites (N-methyl/N-ethyl adjacent to an activating group) is 1. The van der Waals surface area contributed by atoms with Crippen LogP contribution in [0.4, 0.5) is 0 Å². The van der Waals surface area contributed by atoms with Crippen molar-refractivity contribution in [1.82, 2.24) is 0 Å². The third-order valence-corrected chi connectivity index (χ3v) is 3.75. The molecule has 0 saturated carbocycles. The molecule has 1 N–H and O–H groups in total. The molecule has 0 spiro atoms. The monoisotopic (exact) mass is 345 g/mol. The molecule has 0 rings (SSSR count). The maximum absolute atomic E-state index is 11.9. The van der Waals surface area contributed by atoms with E-state index in [4.69, 9.17) is 4.74 Å². The van der Waals surface area contributed by atoms with Gasteiger partial charge >= 0.3 is 5.97 Å². The molecule has 0 saturated heterocycles. The second-order valence-corrected chi connectivity index (χ2v) is 7.56. The van der Waals surface area contributed by atoms with Gasteiger partial charge in [0, 0.05) is 18.8 Å². The highest BCUT2D eigenvalue weighted by Gasteiger charge is 2.22. The van der Waals surface area contributed by atoms with Crippen molar-refractivity contribution in [2.75, 3.05) is 27.7 Å². The van der Waals surface area contributed by atoms with Gasteiger partial charge in [-0.3, -0.25) is 4.79 Å². The van der Waals surface area contributed by atoms with Crippen LogP contribution in [0.15, 0.2) is 0 Å². The molecule has 0 fully saturated rings. The lowest BCUT2D eigenvalue weighted by Gasteiger charge is -2.29. The first-order valence-electron chi connectivity index (χ1n) is 9.02. The molecule has 0 aromatic carbocycles. The number of ether oxygens (including phenoxy) is 1. The van der Waals surface area contributed by atoms with E-state index in [0.717, 1.165) is 32.1 Å². The molecule has 2 unspecified atom stereocenters. The zero-order valence-corrected chi connectivity index (χ0v) is 15.8. The van der Waals surface area contributed by atoms with E-state index in [1.807, 2.05) is 21.1 Å². The number of hydrogen-bond acceptors (Lipinski definition) is 5. The average molecular weight is 345 g/mol. The van der Waals surface area contributed by atoms with Crippen LogP contribution in [-0.2, 0) is 14.3 Å². The molecule has 0 heterocycles. The molecule has 142 valence electrons. The summed E-state index contributed by atoms with van der Waals surface area (Å²) < 4.78 is 5.80. The molecule has 0 aliphatic carbocycles. The minimum Gasteiger partial charge on any atom is -0.550 e. The third-order valence-electron chi connectivity index (χ3n) is 3.75. The van der Waals surface area contributed by atoms with Crippen molar-refractivity contribution >= 4 is 11.9 Å². The van der Waals surface area contributed by atoms with Crippen molar-refractivity contribution in [2.24, 2.45) is 0 Å². The minimum absolute atomic E-state index is 0.252. The number of unbranched alkanes of at least 4 members (excludes halogenated alkanes) is 3. The fourth-order valence-corrected chi connectivity index (χ4v) is 2.61. The highest BCUT2D eigenvalue weighted by molar-refractivity contribution is 5.70. The Balaban J connectivity index is 4.01. The molecular formula is C18H35NO5. The lowest BCUT2D eigenvalue weighted by molar-refractivity contribution is -0.873. The van der Waals surface area contributed by atoms with Gasteiger partial charge in [-0.2, -0.15) is 0 Å². The van der Waals surface area contributed by atoms with Gasteiger partial charge in [0.05, 0.1) is 27.2 Å². The van der Waals surface area contributed by atoms with Crippen LogP contribution in [0, 0.1) is 0 Å². The highest BCUT2D eigenvalue weighted by Crippen LogP contribution is 2.12. The molecule has 0 aromatic rings. The number of hydrogen-bond donors (Lipinski definition) is 1. The summed E-state index contributed by atoms with van der Waals surface area (Å²) in [5.41, 5.74) is 0. The van der Waals surface area contributed by atoms with Crippen LogP contribution in [0.3, 0.4) is 0 Å². The minimum atomic E-state index is -1.21. The predicted octanol–water partition coefficient (Wildman–Crippen LogP) is 1.25. The molecule has 24 heavy (non-hydrogen) atoms. The van der Waals surface area contributed by atoms with Gasteiger partial charge in [0.15, 0.2) is 6.10 Å². The van der Waals surface area contributed by atoms with E-state index < -0.39 is 12.1 Å². The molecule has 6 nitrogen and oxygen atoms in total. The number of carbonyl (C=O) groups is 2. The summed E-state index contributed by atoms with van der Waals surface area (Å²) in [6.45, 7) is 2.56. The first kappa shape index (κ1) is 22.9. The summed E-state index contributed by atoms with van der Waals surface area (Å²) in [5.74, 6) is -1.59. The molecule has 0 bridgehead atoms. The van der Waals surface area contributed by atoms with E-state index in [9.17, 15) is 19.8 Å². The number of quaternary nitrogens is 1. The number of aliphatic hydroxyl groups excluding tert-OH is 1. The zero-order valence-electron chi connectivity index (χ0n) is 15.8. The van der Waals surface area contributed by atoms with Crippen LogP contribution < -0.4 is 5.11 Å². The molecule has 0 aliphatic heterocycles. The van der Waals surface area contributed by atoms with E-state index >= 15 is 0 Å². The second kappa shape index (κ2) is 12.3. The third kappa shape index (κ3) is 14.5. The average Bonchev–Trinajstić information content (AvgIpc) is 2.41. The summed E-state index contributed by atoms with van der Waals surface area (Å²) in [6, 6.07) is 0. The SMILES string of the molecule is CCCCCC(O)CCCCC(=O)OC(CC(=O)[O-])C[N+](C)(C)C. The Kier molecular flexibility index (Phi) is 11.7. The van der Waals surface area contributed by atoms with E-state index in [1.54, 1.807) is 0 Å². The largest absolute Gasteiger partial charge is 0.550 e. The van der Waals surface area contributed by atoms with E-state index in [1.165, 1.54) is 0 Å². The second-order valence-electron chi connectivity index (χ2n) is 7.56. The molecule has 0 radical (unpaired) electrons. The van der Waals surface area contributed by atoms with E-state index in [2.05, 4.69) is 6.92 Å². The molecule has 0 amide bonds. The first-order valence-corrected chi connectivity index (χ1v) is 9.02. The molecular weight excluding hydrogens is 310 g/mol. The maximum atomic E-state index is 11.9. The first-order chi connectivity index (χ1) is 11.1. The lowest BCUT2D eigenvalue weighted by atomic mass is 10.0. The van der Waals surface area contributed by atoms with Crippen molar-refractivity contribution in [1.29, 1.82) is 0 Å². The lowest BCUT2D eigenvalue weighted by Crippen LogP contribution is -2.45. The Labute approximate surface area is 146 Å². The Morgan fingerprint density at radius 2 is 1.67 bits per heavy atom. The summed E-state index contributed by atoms with van der Waals surface area (Å²) in [4.78, 5) is 22.7. The number of aliphatic hydroxyl groups is 1. The van der Waals surface area contributed by atoms with Crippen LogP contribution in [0.2, 0.25) is 0 Å². The maximum Gasteiger partial charge on any atom is 0.306 e. The van der Waals surface area contributed by atoms with Crippen molar-refractivity contribution in [3.8, 4) is 0 Å². The standard InChI is InChI=1S/C18H35NO5/c1-5-6-7-10-15(20)11-8-9-12-18(23)24-16(13-17(21)22)14-19(2,3)4/h15-16,20H,5-14H2,1-4H3. The summed E-state index contributed by atoms with van der Waals surface area (Å²) in [7, 11) is 5.74. The fourth-order valence-electron chi connectivity index (χ4n) is 2.61. The number of carboxylic acids is 1. The van der Waals surface area contributed by atoms with Gasteiger partial charge in [-0.25, -0.2) is 0 Å². The van der Waals surface area contributed by atoms with Crippen LogP contribution in [0.1, 0.15) is 64.7 Å². The van der Waals surface area contributed by atoms with E-state index in [0.29, 0.717) is 23.9 Å². The smallest absolute Gasteiger partial charge is 0.306 e. The number of carbonyl (C=O) groups excluding carboxylic acids is 2. The van der Waals surface area contributed by atoms with Gasteiger partial charge in [0.2, 0.25) is 0 Å². The van der Waals surface area contributed by atoms with Crippen molar-refractivity contribution < 1.29 is 29.0 Å². The van der Waals surface area contributed by atoms with Gasteiger partial charge in [-0.1, -0.05) is 32.6 Å². The Hall–Kier alpha value is -1.14. The van der Waals surface area contributed by atoms with Crippen LogP contribution >= 0.6 is 0 Å². The highest BCUT2D eigenvalue weighted by atomic mass is 16.5. The summed E-state index contributed by atoms with van der Waals surface area (Å²) >= 11 is 0. The Bertz CT molecular complexity index is 365. The van der Waals surface area contributed by atoms with Gasteiger partial charge < -0.3 is 24.2 Å². The van der Waals surface area contributed by atoms with Gasteiger partial charge in [0.1, 0.15) is 6.54 Å². The molecule has 6 heteroatoms. The van der Waals surface area contributed by atoms with Crippen LogP contribution in [-0.4, -0.2) is 61.4 Å². The molecule has 2 atom stereocenters. The quantitative estimate of drug-likeness (QED) is 0.291. The number of rotatable bonds is 14. The van der Waals surface area contributed by atoms with Gasteiger partial charge in [-0.05, 0) is 19.3 Å². The number of carboxylic acid groups (broad SMARTS) is 1. The number of nitrogens with zero attached hydrogens (tertiary/aromatic N) is 1. The normalized spacial score (nSPS) is 14.2. The number of esters is 1. The van der Waals surface area contributed by atoms with E-state index in [-0.39, 0.29) is 24.9 Å². The summed E-state index contributed by atoms with van der Waals surface area (Å²) in [6.07, 6.45) is 5.24. The van der Waals surface area contributed by atoms with Crippen molar-refractivity contribution in [2.45, 2.75) is 76.9 Å². The molecule has 0 aliphatic rings. The zero-order chi connectivity index (χ0) is 18.6. The fraction of sp³-hybridized carbons (Fsp3) is 0.889. The van der Waals surface area contributed by atoms with Crippen molar-refractivity contribution in [3.05, 3.63) is 0 Å². The van der Waals surface area contributed by atoms with Crippen LogP contribution in [0.25, 0.3) is 0 Å². The number of aliphatic carboxylic acids is 1. The Morgan fingerprint density at radius 3 is 2.17 bits per heavy atom.